The third-order valence-corrected chi connectivity index (χ3v) is 6.27. The highest BCUT2D eigenvalue weighted by atomic mass is 32.2. The lowest BCUT2D eigenvalue weighted by atomic mass is 10.1. The van der Waals surface area contributed by atoms with Crippen molar-refractivity contribution >= 4 is 27.5 Å². The van der Waals surface area contributed by atoms with Crippen LogP contribution in [0.4, 0.5) is 0 Å². The number of ether oxygens (including phenoxy) is 2. The molecule has 2 aliphatic rings. The molecule has 120 valence electrons. The van der Waals surface area contributed by atoms with E-state index in [0.29, 0.717) is 42.6 Å². The topological polar surface area (TPSA) is 72.9 Å². The van der Waals surface area contributed by atoms with E-state index in [2.05, 4.69) is 0 Å². The first kappa shape index (κ1) is 15.5. The SMILES string of the molecule is CS(=O)(=O)[C@H]1CSCCN1C(=O)c1ccc2c(c1)OCCO2. The van der Waals surface area contributed by atoms with E-state index < -0.39 is 15.2 Å². The third-order valence-electron chi connectivity index (χ3n) is 3.63. The monoisotopic (exact) mass is 343 g/mol. The molecule has 1 fully saturated rings. The van der Waals surface area contributed by atoms with Crippen molar-refractivity contribution in [3.63, 3.8) is 0 Å². The first-order valence-electron chi connectivity index (χ1n) is 6.94. The molecule has 2 aliphatic heterocycles. The zero-order chi connectivity index (χ0) is 15.7. The summed E-state index contributed by atoms with van der Waals surface area (Å²) in [5.74, 6) is 2.00. The van der Waals surface area contributed by atoms with E-state index in [-0.39, 0.29) is 5.91 Å². The second-order valence-corrected chi connectivity index (χ2v) is 8.57. The number of amides is 1. The van der Waals surface area contributed by atoms with E-state index in [0.717, 1.165) is 5.75 Å². The van der Waals surface area contributed by atoms with Crippen molar-refractivity contribution in [3.8, 4) is 11.5 Å². The zero-order valence-corrected chi connectivity index (χ0v) is 13.8. The van der Waals surface area contributed by atoms with Crippen LogP contribution < -0.4 is 9.47 Å². The van der Waals surface area contributed by atoms with Crippen molar-refractivity contribution in [2.24, 2.45) is 0 Å². The number of sulfone groups is 1. The van der Waals surface area contributed by atoms with Gasteiger partial charge in [-0.2, -0.15) is 11.8 Å². The lowest BCUT2D eigenvalue weighted by Gasteiger charge is -2.34. The highest BCUT2D eigenvalue weighted by molar-refractivity contribution is 8.00. The first-order valence-corrected chi connectivity index (χ1v) is 10.0. The molecule has 0 aromatic heterocycles. The Morgan fingerprint density at radius 2 is 2.00 bits per heavy atom. The number of nitrogens with zero attached hydrogens (tertiary/aromatic N) is 1. The van der Waals surface area contributed by atoms with Crippen LogP contribution in [0.2, 0.25) is 0 Å². The summed E-state index contributed by atoms with van der Waals surface area (Å²) in [5.41, 5.74) is 0.421. The number of hydrogen-bond donors (Lipinski definition) is 0. The van der Waals surface area contributed by atoms with Gasteiger partial charge >= 0.3 is 0 Å². The Morgan fingerprint density at radius 3 is 2.73 bits per heavy atom. The molecule has 0 spiro atoms. The van der Waals surface area contributed by atoms with Gasteiger partial charge in [-0.25, -0.2) is 8.42 Å². The van der Waals surface area contributed by atoms with Gasteiger partial charge in [-0.1, -0.05) is 0 Å². The van der Waals surface area contributed by atoms with Gasteiger partial charge in [0.2, 0.25) is 0 Å². The fourth-order valence-electron chi connectivity index (χ4n) is 2.51. The quantitative estimate of drug-likeness (QED) is 0.798. The molecule has 0 unspecified atom stereocenters. The maximum absolute atomic E-state index is 12.7. The van der Waals surface area contributed by atoms with E-state index >= 15 is 0 Å². The van der Waals surface area contributed by atoms with Crippen LogP contribution in [-0.2, 0) is 9.84 Å². The standard InChI is InChI=1S/C14H17NO5S2/c1-22(17,18)13-9-21-7-4-15(13)14(16)10-2-3-11-12(8-10)20-6-5-19-11/h2-3,8,13H,4-7,9H2,1H3/t13-/m0/s1. The molecule has 1 amide bonds. The lowest BCUT2D eigenvalue weighted by molar-refractivity contribution is 0.0748. The Balaban J connectivity index is 1.89. The van der Waals surface area contributed by atoms with Gasteiger partial charge < -0.3 is 14.4 Å². The Kier molecular flexibility index (Phi) is 4.22. The minimum Gasteiger partial charge on any atom is -0.486 e. The smallest absolute Gasteiger partial charge is 0.255 e. The summed E-state index contributed by atoms with van der Waals surface area (Å²) in [6.45, 7) is 1.35. The van der Waals surface area contributed by atoms with Gasteiger partial charge in [0.1, 0.15) is 18.6 Å². The first-order chi connectivity index (χ1) is 10.5. The molecule has 0 radical (unpaired) electrons. The molecule has 8 heteroatoms. The number of fused-ring (bicyclic) bond motifs is 1. The number of carbonyl (C=O) groups is 1. The van der Waals surface area contributed by atoms with Crippen LogP contribution in [0, 0.1) is 0 Å². The lowest BCUT2D eigenvalue weighted by Crippen LogP contribution is -2.49. The highest BCUT2D eigenvalue weighted by Crippen LogP contribution is 2.32. The molecule has 0 N–H and O–H groups in total. The van der Waals surface area contributed by atoms with Crippen LogP contribution in [0.25, 0.3) is 0 Å². The van der Waals surface area contributed by atoms with Crippen molar-refractivity contribution in [3.05, 3.63) is 23.8 Å². The number of rotatable bonds is 2. The van der Waals surface area contributed by atoms with E-state index in [9.17, 15) is 13.2 Å². The molecule has 2 heterocycles. The van der Waals surface area contributed by atoms with E-state index in [1.807, 2.05) is 0 Å². The minimum absolute atomic E-state index is 0.285. The Hall–Kier alpha value is -1.41. The molecule has 1 aromatic carbocycles. The van der Waals surface area contributed by atoms with Gasteiger partial charge in [-0.3, -0.25) is 4.79 Å². The molecule has 6 nitrogen and oxygen atoms in total. The van der Waals surface area contributed by atoms with Crippen molar-refractivity contribution in [2.75, 3.05) is 37.5 Å². The average molecular weight is 343 g/mol. The van der Waals surface area contributed by atoms with Gasteiger partial charge in [-0.15, -0.1) is 0 Å². The molecular weight excluding hydrogens is 326 g/mol. The van der Waals surface area contributed by atoms with Crippen LogP contribution in [-0.4, -0.2) is 62.1 Å². The number of hydrogen-bond acceptors (Lipinski definition) is 6. The van der Waals surface area contributed by atoms with Crippen LogP contribution in [0.3, 0.4) is 0 Å². The van der Waals surface area contributed by atoms with Gasteiger partial charge in [0.25, 0.3) is 5.91 Å². The number of thioether (sulfide) groups is 1. The zero-order valence-electron chi connectivity index (χ0n) is 12.1. The van der Waals surface area contributed by atoms with Crippen LogP contribution >= 0.6 is 11.8 Å². The van der Waals surface area contributed by atoms with E-state index in [1.54, 1.807) is 30.0 Å². The van der Waals surface area contributed by atoms with Crippen molar-refractivity contribution in [1.29, 1.82) is 0 Å². The van der Waals surface area contributed by atoms with Crippen LogP contribution in [0.1, 0.15) is 10.4 Å². The van der Waals surface area contributed by atoms with Gasteiger partial charge in [-0.05, 0) is 18.2 Å². The summed E-state index contributed by atoms with van der Waals surface area (Å²) < 4.78 is 34.7. The largest absolute Gasteiger partial charge is 0.486 e. The summed E-state index contributed by atoms with van der Waals surface area (Å²) in [6, 6.07) is 4.96. The normalized spacial score (nSPS) is 21.5. The highest BCUT2D eigenvalue weighted by Gasteiger charge is 2.35. The average Bonchev–Trinajstić information content (AvgIpc) is 2.53. The Labute approximate surface area is 133 Å². The molecule has 1 atom stereocenters. The second-order valence-electron chi connectivity index (χ2n) is 5.22. The Bertz CT molecular complexity index is 688. The van der Waals surface area contributed by atoms with E-state index in [4.69, 9.17) is 9.47 Å². The maximum Gasteiger partial charge on any atom is 0.255 e. The fourth-order valence-corrected chi connectivity index (χ4v) is 5.33. The molecule has 3 rings (SSSR count). The molecule has 0 aliphatic carbocycles. The summed E-state index contributed by atoms with van der Waals surface area (Å²) in [5, 5.41) is -0.771. The molecule has 22 heavy (non-hydrogen) atoms. The van der Waals surface area contributed by atoms with Crippen molar-refractivity contribution in [1.82, 2.24) is 4.90 Å². The molecule has 0 bridgehead atoms. The van der Waals surface area contributed by atoms with Gasteiger partial charge in [0, 0.05) is 29.9 Å². The molecule has 1 saturated heterocycles. The fraction of sp³-hybridized carbons (Fsp3) is 0.500. The minimum atomic E-state index is -3.32. The van der Waals surface area contributed by atoms with Crippen LogP contribution in [0.5, 0.6) is 11.5 Å². The van der Waals surface area contributed by atoms with Gasteiger partial charge in [0.15, 0.2) is 21.3 Å². The summed E-state index contributed by atoms with van der Waals surface area (Å²) in [7, 11) is -3.32. The number of carbonyl (C=O) groups excluding carboxylic acids is 1. The Morgan fingerprint density at radius 1 is 1.27 bits per heavy atom. The summed E-state index contributed by atoms with van der Waals surface area (Å²) in [6.07, 6.45) is 1.17. The predicted octanol–water partition coefficient (Wildman–Crippen LogP) is 1.02. The molecule has 0 saturated carbocycles. The van der Waals surface area contributed by atoms with E-state index in [1.165, 1.54) is 11.2 Å². The second kappa shape index (κ2) is 6.00. The molecular formula is C14H17NO5S2. The van der Waals surface area contributed by atoms with Crippen molar-refractivity contribution in [2.45, 2.75) is 5.37 Å². The molecule has 1 aromatic rings. The summed E-state index contributed by atoms with van der Waals surface area (Å²) >= 11 is 1.55. The summed E-state index contributed by atoms with van der Waals surface area (Å²) in [4.78, 5) is 14.1. The van der Waals surface area contributed by atoms with Crippen molar-refractivity contribution < 1.29 is 22.7 Å². The van der Waals surface area contributed by atoms with Crippen LogP contribution in [0.15, 0.2) is 18.2 Å². The maximum atomic E-state index is 12.7. The predicted molar refractivity (Wildman–Crippen MR) is 84.4 cm³/mol. The van der Waals surface area contributed by atoms with Gasteiger partial charge in [0.05, 0.1) is 0 Å². The third kappa shape index (κ3) is 3.03. The number of benzene rings is 1.